The van der Waals surface area contributed by atoms with Crippen LogP contribution < -0.4 is 9.64 Å². The van der Waals surface area contributed by atoms with Gasteiger partial charge in [-0.15, -0.1) is 0 Å². The predicted molar refractivity (Wildman–Crippen MR) is 141 cm³/mol. The van der Waals surface area contributed by atoms with Gasteiger partial charge in [-0.05, 0) is 41.8 Å². The molecule has 0 spiro atoms. The Hall–Kier alpha value is -4.03. The second-order valence-electron chi connectivity index (χ2n) is 8.07. The fraction of sp³-hybridized carbons (Fsp3) is 0.138. The molecule has 5 rings (SSSR count). The van der Waals surface area contributed by atoms with Crippen molar-refractivity contribution in [3.63, 3.8) is 0 Å². The molecule has 0 aliphatic rings. The Balaban J connectivity index is 1.63. The van der Waals surface area contributed by atoms with E-state index in [2.05, 4.69) is 4.98 Å². The topological polar surface area (TPSA) is 55.3 Å². The summed E-state index contributed by atoms with van der Waals surface area (Å²) in [5, 5.41) is 0.637. The van der Waals surface area contributed by atoms with Gasteiger partial charge in [0.1, 0.15) is 11.3 Å². The Labute approximate surface area is 208 Å². The van der Waals surface area contributed by atoms with Gasteiger partial charge >= 0.3 is 0 Å². The number of aromatic nitrogens is 2. The molecule has 5 nitrogen and oxygen atoms in total. The van der Waals surface area contributed by atoms with Crippen LogP contribution in [0.4, 0.5) is 5.13 Å². The van der Waals surface area contributed by atoms with E-state index in [1.54, 1.807) is 17.3 Å². The van der Waals surface area contributed by atoms with E-state index in [1.807, 2.05) is 97.9 Å². The van der Waals surface area contributed by atoms with E-state index in [4.69, 9.17) is 9.72 Å². The second kappa shape index (κ2) is 10.5. The number of thiazole rings is 1. The third-order valence-corrected chi connectivity index (χ3v) is 6.79. The summed E-state index contributed by atoms with van der Waals surface area (Å²) in [7, 11) is 0. The number of hydrogen-bond donors (Lipinski definition) is 0. The second-order valence-corrected chi connectivity index (χ2v) is 9.08. The summed E-state index contributed by atoms with van der Waals surface area (Å²) in [5.41, 5.74) is 3.59. The number of carbonyl (C=O) groups is 1. The molecule has 2 aromatic heterocycles. The van der Waals surface area contributed by atoms with Crippen molar-refractivity contribution in [3.8, 4) is 5.75 Å². The van der Waals surface area contributed by atoms with Crippen molar-refractivity contribution < 1.29 is 9.53 Å². The minimum atomic E-state index is -0.465. The lowest BCUT2D eigenvalue weighted by molar-refractivity contribution is -0.119. The summed E-state index contributed by atoms with van der Waals surface area (Å²) in [5.74, 6) is 0.222. The van der Waals surface area contributed by atoms with Crippen molar-refractivity contribution in [2.45, 2.75) is 19.4 Å². The van der Waals surface area contributed by atoms with Crippen LogP contribution in [0.1, 0.15) is 29.5 Å². The highest BCUT2D eigenvalue weighted by atomic mass is 32.1. The van der Waals surface area contributed by atoms with Gasteiger partial charge in [0.05, 0.1) is 23.8 Å². The Morgan fingerprint density at radius 1 is 0.914 bits per heavy atom. The molecule has 0 unspecified atom stereocenters. The van der Waals surface area contributed by atoms with E-state index in [-0.39, 0.29) is 5.91 Å². The number of rotatable bonds is 8. The summed E-state index contributed by atoms with van der Waals surface area (Å²) in [4.78, 5) is 25.3. The monoisotopic (exact) mass is 479 g/mol. The van der Waals surface area contributed by atoms with Crippen LogP contribution in [-0.2, 0) is 11.3 Å². The molecule has 35 heavy (non-hydrogen) atoms. The number of carbonyl (C=O) groups excluding carboxylic acids is 1. The Kier molecular flexibility index (Phi) is 6.82. The molecule has 3 aromatic carbocycles. The van der Waals surface area contributed by atoms with E-state index < -0.39 is 5.92 Å². The molecule has 0 saturated heterocycles. The van der Waals surface area contributed by atoms with Crippen molar-refractivity contribution in [2.75, 3.05) is 11.5 Å². The lowest BCUT2D eigenvalue weighted by atomic mass is 9.90. The number of ether oxygens (including phenoxy) is 1. The maximum Gasteiger partial charge on any atom is 0.241 e. The first-order valence-electron chi connectivity index (χ1n) is 11.6. The number of hydrogen-bond acceptors (Lipinski definition) is 5. The molecule has 1 amide bonds. The standard InChI is InChI=1S/C29H25N3O2S/c1-2-34-24-16-9-17-25-27(24)31-29(35-25)32(20-21-11-10-18-30-19-21)28(33)26(22-12-5-3-6-13-22)23-14-7-4-8-15-23/h3-19,26H,2,20H2,1H3. The SMILES string of the molecule is CCOc1cccc2sc(N(Cc3cccnc3)C(=O)C(c3ccccc3)c3ccccc3)nc12. The van der Waals surface area contributed by atoms with Crippen LogP contribution in [0.3, 0.4) is 0 Å². The maximum absolute atomic E-state index is 14.4. The number of fused-ring (bicyclic) bond motifs is 1. The molecule has 2 heterocycles. The smallest absolute Gasteiger partial charge is 0.241 e. The highest BCUT2D eigenvalue weighted by Crippen LogP contribution is 2.37. The largest absolute Gasteiger partial charge is 0.492 e. The zero-order chi connectivity index (χ0) is 24.0. The molecular formula is C29H25N3O2S. The number of anilines is 1. The number of para-hydroxylation sites is 1. The van der Waals surface area contributed by atoms with Gasteiger partial charge in [-0.3, -0.25) is 14.7 Å². The minimum absolute atomic E-state index is 0.0386. The number of nitrogens with zero attached hydrogens (tertiary/aromatic N) is 3. The van der Waals surface area contributed by atoms with Crippen LogP contribution in [0.15, 0.2) is 103 Å². The maximum atomic E-state index is 14.4. The van der Waals surface area contributed by atoms with Gasteiger partial charge in [0.15, 0.2) is 5.13 Å². The third-order valence-electron chi connectivity index (χ3n) is 5.74. The minimum Gasteiger partial charge on any atom is -0.492 e. The van der Waals surface area contributed by atoms with Gasteiger partial charge in [-0.1, -0.05) is 84.1 Å². The van der Waals surface area contributed by atoms with E-state index >= 15 is 0 Å². The Morgan fingerprint density at radius 3 is 2.26 bits per heavy atom. The first-order valence-corrected chi connectivity index (χ1v) is 12.4. The molecular weight excluding hydrogens is 454 g/mol. The van der Waals surface area contributed by atoms with Crippen LogP contribution in [-0.4, -0.2) is 22.5 Å². The Bertz CT molecular complexity index is 1370. The first kappa shape index (κ1) is 22.7. The molecule has 0 atom stereocenters. The highest BCUT2D eigenvalue weighted by molar-refractivity contribution is 7.22. The van der Waals surface area contributed by atoms with Crippen LogP contribution in [0.25, 0.3) is 10.2 Å². The van der Waals surface area contributed by atoms with Crippen molar-refractivity contribution in [1.82, 2.24) is 9.97 Å². The highest BCUT2D eigenvalue weighted by Gasteiger charge is 2.30. The van der Waals surface area contributed by atoms with E-state index in [1.165, 1.54) is 11.3 Å². The molecule has 6 heteroatoms. The molecule has 174 valence electrons. The van der Waals surface area contributed by atoms with E-state index in [0.717, 1.165) is 32.7 Å². The molecule has 0 bridgehead atoms. The van der Waals surface area contributed by atoms with Gasteiger partial charge in [-0.2, -0.15) is 0 Å². The summed E-state index contributed by atoms with van der Waals surface area (Å²) in [6, 6.07) is 29.6. The van der Waals surface area contributed by atoms with Gasteiger partial charge in [0.25, 0.3) is 0 Å². The van der Waals surface area contributed by atoms with E-state index in [9.17, 15) is 4.79 Å². The molecule has 0 fully saturated rings. The Morgan fingerprint density at radius 2 is 1.63 bits per heavy atom. The van der Waals surface area contributed by atoms with Crippen LogP contribution in [0.2, 0.25) is 0 Å². The molecule has 5 aromatic rings. The number of amides is 1. The average Bonchev–Trinajstić information content (AvgIpc) is 3.34. The van der Waals surface area contributed by atoms with Crippen LogP contribution in [0, 0.1) is 0 Å². The molecule has 0 aliphatic carbocycles. The fourth-order valence-electron chi connectivity index (χ4n) is 4.14. The van der Waals surface area contributed by atoms with Crippen LogP contribution in [0.5, 0.6) is 5.75 Å². The van der Waals surface area contributed by atoms with E-state index in [0.29, 0.717) is 18.3 Å². The predicted octanol–water partition coefficient (Wildman–Crippen LogP) is 6.46. The summed E-state index contributed by atoms with van der Waals surface area (Å²) < 4.78 is 6.79. The summed E-state index contributed by atoms with van der Waals surface area (Å²) in [6.07, 6.45) is 3.53. The summed E-state index contributed by atoms with van der Waals surface area (Å²) >= 11 is 1.49. The number of benzene rings is 3. The van der Waals surface area contributed by atoms with Crippen molar-refractivity contribution in [2.24, 2.45) is 0 Å². The van der Waals surface area contributed by atoms with Crippen molar-refractivity contribution in [1.29, 1.82) is 0 Å². The fourth-order valence-corrected chi connectivity index (χ4v) is 5.13. The lowest BCUT2D eigenvalue weighted by Gasteiger charge is -2.26. The lowest BCUT2D eigenvalue weighted by Crippen LogP contribution is -2.35. The molecule has 0 radical (unpaired) electrons. The van der Waals surface area contributed by atoms with Gasteiger partial charge in [0, 0.05) is 12.4 Å². The van der Waals surface area contributed by atoms with Gasteiger partial charge in [0.2, 0.25) is 5.91 Å². The van der Waals surface area contributed by atoms with Crippen LogP contribution >= 0.6 is 11.3 Å². The third kappa shape index (κ3) is 4.93. The molecule has 0 aliphatic heterocycles. The molecule has 0 N–H and O–H groups in total. The van der Waals surface area contributed by atoms with Crippen molar-refractivity contribution in [3.05, 3.63) is 120 Å². The van der Waals surface area contributed by atoms with Gasteiger partial charge < -0.3 is 4.74 Å². The van der Waals surface area contributed by atoms with Crippen molar-refractivity contribution >= 4 is 32.6 Å². The number of pyridine rings is 1. The zero-order valence-electron chi connectivity index (χ0n) is 19.4. The average molecular weight is 480 g/mol. The quantitative estimate of drug-likeness (QED) is 0.256. The summed E-state index contributed by atoms with van der Waals surface area (Å²) in [6.45, 7) is 2.87. The zero-order valence-corrected chi connectivity index (χ0v) is 20.2. The molecule has 0 saturated carbocycles. The first-order chi connectivity index (χ1) is 17.2. The van der Waals surface area contributed by atoms with Gasteiger partial charge in [-0.25, -0.2) is 4.98 Å². The normalized spacial score (nSPS) is 11.0.